The summed E-state index contributed by atoms with van der Waals surface area (Å²) in [4.78, 5) is 69.6. The maximum absolute atomic E-state index is 11.5. The van der Waals surface area contributed by atoms with Crippen molar-refractivity contribution < 1.29 is 64.1 Å². The molecule has 0 aromatic heterocycles. The van der Waals surface area contributed by atoms with E-state index in [9.17, 15) is 44.1 Å². The van der Waals surface area contributed by atoms with Gasteiger partial charge in [0.25, 0.3) is 0 Å². The fraction of sp³-hybridized carbons (Fsp3) is 0.514. The maximum Gasteiger partial charge on any atom is 0.318 e. The Balaban J connectivity index is 0. The number of alkyl halides is 1. The second-order valence-electron chi connectivity index (χ2n) is 12.7. The van der Waals surface area contributed by atoms with Crippen molar-refractivity contribution in [3.8, 4) is 5.75 Å². The Bertz CT molecular complexity index is 1480. The summed E-state index contributed by atoms with van der Waals surface area (Å²) in [6, 6.07) is 14.8. The molecule has 58 heavy (non-hydrogen) atoms. The largest absolute Gasteiger partial charge is 0.494 e. The summed E-state index contributed by atoms with van der Waals surface area (Å²) in [6.45, 7) is 3.58. The van der Waals surface area contributed by atoms with Gasteiger partial charge in [-0.05, 0) is 49.9 Å². The van der Waals surface area contributed by atoms with Crippen LogP contribution in [-0.4, -0.2) is 178 Å². The number of nitrogens with two attached hydrogens (primary N) is 2. The van der Waals surface area contributed by atoms with Gasteiger partial charge in [0.05, 0.1) is 39.3 Å². The second-order valence-corrected chi connectivity index (χ2v) is 13.0. The third-order valence-corrected chi connectivity index (χ3v) is 7.87. The molecule has 0 saturated heterocycles. The molecule has 2 aromatic rings. The molecular weight excluding hydrogens is 807 g/mol. The van der Waals surface area contributed by atoms with Crippen LogP contribution in [0.2, 0.25) is 0 Å². The maximum atomic E-state index is 11.5. The number of hydrogen-bond donors (Lipinski definition) is 9. The van der Waals surface area contributed by atoms with Gasteiger partial charge in [-0.15, -0.1) is 24.0 Å². The Morgan fingerprint density at radius 2 is 1.14 bits per heavy atom. The molecule has 0 amide bonds. The number of aliphatic carboxylic acids is 6. The lowest BCUT2D eigenvalue weighted by molar-refractivity contribution is -0.144. The van der Waals surface area contributed by atoms with Crippen LogP contribution >= 0.6 is 24.0 Å². The summed E-state index contributed by atoms with van der Waals surface area (Å²) in [5, 5.41) is 57.0. The van der Waals surface area contributed by atoms with E-state index in [2.05, 4.69) is 36.5 Å². The van der Waals surface area contributed by atoms with Crippen molar-refractivity contribution in [3.05, 3.63) is 65.2 Å². The molecule has 0 unspecified atom stereocenters. The normalized spacial score (nSPS) is 11.6. The molecule has 19 nitrogen and oxygen atoms in total. The summed E-state index contributed by atoms with van der Waals surface area (Å²) in [7, 11) is 0. The summed E-state index contributed by atoms with van der Waals surface area (Å²) >= 11 is 4.74. The number of nitrogens with one attached hydrogen (secondary N) is 1. The molecule has 328 valence electrons. The number of rotatable bonds is 27. The van der Waals surface area contributed by atoms with Crippen molar-refractivity contribution in [1.82, 2.24) is 20.0 Å². The van der Waals surface area contributed by atoms with Gasteiger partial charge in [0.1, 0.15) is 11.6 Å². The van der Waals surface area contributed by atoms with Crippen molar-refractivity contribution in [1.29, 1.82) is 0 Å². The fourth-order valence-corrected chi connectivity index (χ4v) is 5.22. The molecule has 2 aromatic carbocycles. The number of benzene rings is 2. The molecule has 21 heteroatoms. The lowest BCUT2D eigenvalue weighted by Gasteiger charge is -2.34. The number of nitrogens with zero attached hydrogens (tertiary/aromatic N) is 3. The molecule has 2 rings (SSSR count). The van der Waals surface area contributed by atoms with E-state index >= 15 is 0 Å². The molecular formula is C37H58Cl2N6O13. The van der Waals surface area contributed by atoms with Gasteiger partial charge in [0, 0.05) is 51.4 Å². The zero-order chi connectivity index (χ0) is 43.3. The van der Waals surface area contributed by atoms with Gasteiger partial charge >= 0.3 is 35.8 Å². The predicted molar refractivity (Wildman–Crippen MR) is 218 cm³/mol. The van der Waals surface area contributed by atoms with E-state index in [0.29, 0.717) is 18.9 Å². The first kappa shape index (κ1) is 55.5. The first-order valence-electron chi connectivity index (χ1n) is 17.9. The topological polar surface area (TPSA) is 307 Å². The van der Waals surface area contributed by atoms with E-state index < -0.39 is 74.6 Å². The Hall–Kier alpha value is -4.60. The van der Waals surface area contributed by atoms with Crippen LogP contribution in [0.1, 0.15) is 23.6 Å². The number of hydrogen-bond acceptors (Lipinski definition) is 13. The first-order chi connectivity index (χ1) is 26.9. The van der Waals surface area contributed by atoms with Crippen LogP contribution in [0.5, 0.6) is 5.75 Å². The van der Waals surface area contributed by atoms with E-state index in [1.807, 2.05) is 6.92 Å². The zero-order valence-corrected chi connectivity index (χ0v) is 34.3. The standard InChI is InChI=1S/C23H33N3O11.C12H21N3.C2H3ClO2.ClH/c1-2-37-18-5-3-16(4-6-18)9-17(26(14-22(33)34)15-23(35)36)10-24(11-19(27)28)7-8-25(12-20(29)30)13-21(31)32;1-10-2-4-11(5-3-10)8-12(14)9-15-7-6-13;3-1-2(4)5;/h3-6,17H,2,7-15H2,1H3,(H,27,28)(H,29,30)(H,31,32)(H,33,34)(H,35,36);2-5,12,15H,6-9,13-14H2,1H3;1H2,(H,4,5);1H/t17-;12-;;/m00../s1. The highest BCUT2D eigenvalue weighted by Crippen LogP contribution is 2.17. The highest BCUT2D eigenvalue weighted by Gasteiger charge is 2.27. The smallest absolute Gasteiger partial charge is 0.318 e. The average Bonchev–Trinajstić information content (AvgIpc) is 3.11. The average molecular weight is 866 g/mol. The molecule has 11 N–H and O–H groups in total. The van der Waals surface area contributed by atoms with E-state index in [1.165, 1.54) is 20.9 Å². The van der Waals surface area contributed by atoms with Crippen molar-refractivity contribution in [2.24, 2.45) is 11.5 Å². The molecule has 2 atom stereocenters. The number of halogens is 2. The Kier molecular flexibility index (Phi) is 31.0. The van der Waals surface area contributed by atoms with Gasteiger partial charge in [-0.1, -0.05) is 42.0 Å². The highest BCUT2D eigenvalue weighted by atomic mass is 35.5. The Morgan fingerprint density at radius 1 is 0.707 bits per heavy atom. The monoisotopic (exact) mass is 864 g/mol. The first-order valence-corrected chi connectivity index (χ1v) is 18.4. The van der Waals surface area contributed by atoms with Gasteiger partial charge in [-0.25, -0.2) is 0 Å². The van der Waals surface area contributed by atoms with Gasteiger partial charge < -0.3 is 52.2 Å². The summed E-state index contributed by atoms with van der Waals surface area (Å²) in [5.74, 6) is -6.94. The van der Waals surface area contributed by atoms with E-state index in [4.69, 9.17) is 43.1 Å². The molecule has 0 aliphatic heterocycles. The summed E-state index contributed by atoms with van der Waals surface area (Å²) in [6.07, 6.45) is 1.09. The Morgan fingerprint density at radius 3 is 1.57 bits per heavy atom. The van der Waals surface area contributed by atoms with E-state index in [-0.39, 0.29) is 50.4 Å². The number of ether oxygens (including phenoxy) is 1. The third kappa shape index (κ3) is 29.6. The lowest BCUT2D eigenvalue weighted by Crippen LogP contribution is -2.51. The van der Waals surface area contributed by atoms with Crippen molar-refractivity contribution in [3.63, 3.8) is 0 Å². The minimum atomic E-state index is -1.27. The van der Waals surface area contributed by atoms with Crippen LogP contribution < -0.4 is 21.5 Å². The van der Waals surface area contributed by atoms with Gasteiger partial charge in [-0.2, -0.15) is 0 Å². The number of aryl methyl sites for hydroxylation is 1. The minimum Gasteiger partial charge on any atom is -0.494 e. The number of carboxylic acid groups (broad SMARTS) is 6. The van der Waals surface area contributed by atoms with Crippen molar-refractivity contribution >= 4 is 59.8 Å². The summed E-state index contributed by atoms with van der Waals surface area (Å²) < 4.78 is 5.41. The van der Waals surface area contributed by atoms with Crippen LogP contribution in [0.15, 0.2) is 48.5 Å². The zero-order valence-electron chi connectivity index (χ0n) is 32.7. The fourth-order valence-electron chi connectivity index (χ4n) is 5.22. The van der Waals surface area contributed by atoms with Crippen molar-refractivity contribution in [2.75, 3.05) is 84.5 Å². The molecule has 0 radical (unpaired) electrons. The predicted octanol–water partition coefficient (Wildman–Crippen LogP) is 0.470. The molecule has 0 aliphatic carbocycles. The molecule has 0 saturated carbocycles. The molecule has 0 fully saturated rings. The van der Waals surface area contributed by atoms with Crippen molar-refractivity contribution in [2.45, 2.75) is 38.8 Å². The van der Waals surface area contributed by atoms with Crippen LogP contribution in [0, 0.1) is 6.92 Å². The van der Waals surface area contributed by atoms with Gasteiger partial charge in [0.2, 0.25) is 0 Å². The van der Waals surface area contributed by atoms with E-state index in [0.717, 1.165) is 30.0 Å². The molecule has 0 bridgehead atoms. The second kappa shape index (κ2) is 32.4. The van der Waals surface area contributed by atoms with Gasteiger partial charge in [0.15, 0.2) is 0 Å². The van der Waals surface area contributed by atoms with Gasteiger partial charge in [-0.3, -0.25) is 43.5 Å². The number of carbonyl (C=O) groups is 6. The Labute approximate surface area is 348 Å². The number of carboxylic acids is 6. The lowest BCUT2D eigenvalue weighted by atomic mass is 10.0. The summed E-state index contributed by atoms with van der Waals surface area (Å²) in [5.41, 5.74) is 14.7. The van der Waals surface area contributed by atoms with Crippen LogP contribution in [0.25, 0.3) is 0 Å². The third-order valence-electron chi connectivity index (χ3n) is 7.64. The van der Waals surface area contributed by atoms with Crippen LogP contribution in [0.3, 0.4) is 0 Å². The van der Waals surface area contributed by atoms with E-state index in [1.54, 1.807) is 24.3 Å². The highest BCUT2D eigenvalue weighted by molar-refractivity contribution is 6.26. The minimum absolute atomic E-state index is 0. The van der Waals surface area contributed by atoms with Crippen LogP contribution in [-0.2, 0) is 41.6 Å². The molecule has 0 spiro atoms. The molecule has 0 heterocycles. The SMILES string of the molecule is CCOc1ccc(C[C@@H](CN(CCN(CC(=O)O)CC(=O)O)CC(=O)O)N(CC(=O)O)CC(=O)O)cc1.Cc1ccc(C[C@H](N)CNCCN)cc1.Cl.O=C(O)CCl. The molecule has 0 aliphatic rings. The quantitative estimate of drug-likeness (QED) is 0.0435. The van der Waals surface area contributed by atoms with Crippen LogP contribution in [0.4, 0.5) is 0 Å².